The first kappa shape index (κ1) is 55.6. The number of rotatable bonds is 15. The van der Waals surface area contributed by atoms with Crippen LogP contribution in [-0.4, -0.2) is 11.9 Å². The zero-order valence-corrected chi connectivity index (χ0v) is 47.3. The Morgan fingerprint density at radius 3 is 2.42 bits per heavy atom. The summed E-state index contributed by atoms with van der Waals surface area (Å²) in [6.45, 7) is 14.0. The molecule has 2 aromatic carbocycles. The van der Waals surface area contributed by atoms with E-state index in [2.05, 4.69) is 202 Å². The summed E-state index contributed by atoms with van der Waals surface area (Å²) in [4.78, 5) is 14.6. The van der Waals surface area contributed by atoms with Gasteiger partial charge in [0.25, 0.3) is 0 Å². The van der Waals surface area contributed by atoms with Gasteiger partial charge in [-0.25, -0.2) is 9.98 Å². The third-order valence-corrected chi connectivity index (χ3v) is 14.8. The molecule has 398 valence electrons. The second-order valence-corrected chi connectivity index (χ2v) is 20.3. The van der Waals surface area contributed by atoms with Crippen molar-refractivity contribution < 1.29 is 0 Å². The minimum Gasteiger partial charge on any atom is -0.302 e. The smallest absolute Gasteiger partial charge is 0.113 e. The molecule has 0 atom stereocenters. The minimum atomic E-state index is -0.0800. The summed E-state index contributed by atoms with van der Waals surface area (Å²) in [6, 6.07) is 12.9. The van der Waals surface area contributed by atoms with Gasteiger partial charge in [-0.2, -0.15) is 0 Å². The molecule has 83 heavy (non-hydrogen) atoms. The molecule has 0 unspecified atom stereocenters. The van der Waals surface area contributed by atoms with Gasteiger partial charge in [0, 0.05) is 51.3 Å². The summed E-state index contributed by atoms with van der Waals surface area (Å²) < 4.78 is 0. The quantitative estimate of drug-likeness (QED) is 0.101. The number of benzene rings is 2. The van der Waals surface area contributed by atoms with E-state index in [1.807, 2.05) is 117 Å². The maximum absolute atomic E-state index is 5.11. The van der Waals surface area contributed by atoms with Gasteiger partial charge in [0.05, 0.1) is 39.9 Å². The molecule has 2 aliphatic heterocycles. The molecule has 10 rings (SSSR count). The van der Waals surface area contributed by atoms with Crippen LogP contribution in [0.3, 0.4) is 0 Å². The van der Waals surface area contributed by atoms with Crippen molar-refractivity contribution in [1.82, 2.24) is 0 Å². The van der Waals surface area contributed by atoms with Crippen molar-refractivity contribution >= 4 is 40.1 Å². The van der Waals surface area contributed by atoms with Crippen molar-refractivity contribution in [1.29, 1.82) is 0 Å². The Balaban J connectivity index is 0.939. The zero-order chi connectivity index (χ0) is 57.2. The first-order chi connectivity index (χ1) is 40.8. The predicted molar refractivity (Wildman–Crippen MR) is 349 cm³/mol. The zero-order valence-electron chi connectivity index (χ0n) is 47.3. The van der Waals surface area contributed by atoms with Gasteiger partial charge < -0.3 is 4.90 Å². The fourth-order valence-electron chi connectivity index (χ4n) is 10.7. The van der Waals surface area contributed by atoms with E-state index in [0.717, 1.165) is 122 Å². The van der Waals surface area contributed by atoms with Gasteiger partial charge in [-0.15, -0.1) is 34.4 Å². The monoisotopic (exact) mass is 1070 g/mol. The highest BCUT2D eigenvalue weighted by Gasteiger charge is 2.34. The number of aliphatic imine (C=N–C) groups is 2. The summed E-state index contributed by atoms with van der Waals surface area (Å²) in [6.07, 6.45) is 68.8. The molecule has 0 amide bonds. The van der Waals surface area contributed by atoms with Crippen molar-refractivity contribution in [2.24, 2.45) is 15.4 Å². The molecule has 1 saturated carbocycles. The van der Waals surface area contributed by atoms with Crippen LogP contribution in [0, 0.1) is 5.41 Å². The van der Waals surface area contributed by atoms with Crippen molar-refractivity contribution in [3.05, 3.63) is 368 Å². The SMILES string of the molecule is C=C=CC=C=C(N=C(C)C1=C=CC=CC=C1)c1ccc2c(c1)C1=C=C(/C=C\C(C)=C=C1)N2/C(C=C=CCC1(C2=CC=C=C(N3C4=C=C(C=CC=C4)c4cc(C=NC(=C=C/C=C\C)/C5=C/C=C=CC=C=C5)ccc43)C=C2)CCCCC1)=C/C=C. The minimum absolute atomic E-state index is 0.0800. The Bertz CT molecular complexity index is 4280. The van der Waals surface area contributed by atoms with E-state index in [1.165, 1.54) is 12.0 Å². The Morgan fingerprint density at radius 1 is 0.723 bits per heavy atom. The van der Waals surface area contributed by atoms with Crippen LogP contribution in [0.1, 0.15) is 81.5 Å². The van der Waals surface area contributed by atoms with Crippen LogP contribution in [0.2, 0.25) is 0 Å². The average Bonchev–Trinajstić information content (AvgIpc) is 4.16. The molecule has 4 nitrogen and oxygen atoms in total. The first-order valence-electron chi connectivity index (χ1n) is 28.1. The van der Waals surface area contributed by atoms with Crippen LogP contribution in [0.4, 0.5) is 11.4 Å². The van der Waals surface area contributed by atoms with Crippen LogP contribution < -0.4 is 9.80 Å². The Hall–Kier alpha value is -10.8. The normalized spacial score (nSPS) is 18.5. The molecule has 2 heterocycles. The van der Waals surface area contributed by atoms with Crippen LogP contribution in [0.25, 0.3) is 16.8 Å². The van der Waals surface area contributed by atoms with E-state index in [9.17, 15) is 0 Å². The number of nitrogens with zero attached hydrogens (tertiary/aromatic N) is 4. The summed E-state index contributed by atoms with van der Waals surface area (Å²) in [5, 5.41) is 0. The molecule has 0 spiro atoms. The second kappa shape index (κ2) is 26.9. The molecular weight excluding hydrogens is 1000 g/mol. The summed E-state index contributed by atoms with van der Waals surface area (Å²) in [7, 11) is 0. The molecule has 0 N–H and O–H groups in total. The van der Waals surface area contributed by atoms with Crippen LogP contribution in [-0.2, 0) is 0 Å². The lowest BCUT2D eigenvalue weighted by Crippen LogP contribution is -2.25. The van der Waals surface area contributed by atoms with Crippen molar-refractivity contribution in [2.45, 2.75) is 59.3 Å². The molecule has 6 aliphatic carbocycles. The lowest BCUT2D eigenvalue weighted by Gasteiger charge is -2.38. The summed E-state index contributed by atoms with van der Waals surface area (Å²) in [5.74, 6) is 0. The topological polar surface area (TPSA) is 31.2 Å². The van der Waals surface area contributed by atoms with Gasteiger partial charge in [0.1, 0.15) is 11.4 Å². The van der Waals surface area contributed by atoms with Crippen molar-refractivity contribution in [2.75, 3.05) is 9.80 Å². The largest absolute Gasteiger partial charge is 0.302 e. The third kappa shape index (κ3) is 13.3. The van der Waals surface area contributed by atoms with E-state index in [-0.39, 0.29) is 5.41 Å². The maximum Gasteiger partial charge on any atom is 0.113 e. The van der Waals surface area contributed by atoms with Crippen LogP contribution >= 0.6 is 0 Å². The van der Waals surface area contributed by atoms with Crippen molar-refractivity contribution in [3.8, 4) is 0 Å². The van der Waals surface area contributed by atoms with E-state index < -0.39 is 0 Å². The lowest BCUT2D eigenvalue weighted by atomic mass is 9.66. The second-order valence-electron chi connectivity index (χ2n) is 20.3. The molecule has 0 radical (unpaired) electrons. The standard InChI is InChI=1S/C79H62N4/c1-6-9-17-40-75(64-33-21-12-11-13-22-34-64)80-59-62-44-50-77-73(55-62)65-35-23-24-38-71(56-65)83(77)70-39-29-36-68(47-49-70)79(52-26-16-27-53-79)54-28-25-37-69(30-8-3)82-72-48-43-60(4)42-45-66(57-72)74-58-67(46-51-78(74)82)76(41-18-10-7-2)81-61(5)63-31-19-14-15-20-32-63/h6,8-12,14-15,17-20,22-24,28-31,33-38,43-51,55,58-59H,2-3,16,26-27,52-54H2,1,4-5H3/b9-6-,48-43-,64-34+,69-30+,80-59?,81-61?. The van der Waals surface area contributed by atoms with Crippen LogP contribution in [0.15, 0.2) is 356 Å². The van der Waals surface area contributed by atoms with E-state index in [0.29, 0.717) is 11.4 Å². The van der Waals surface area contributed by atoms with Gasteiger partial charge in [-0.1, -0.05) is 134 Å². The maximum atomic E-state index is 5.11. The molecule has 2 aromatic rings. The fourth-order valence-corrected chi connectivity index (χ4v) is 10.7. The van der Waals surface area contributed by atoms with Gasteiger partial charge in [0.15, 0.2) is 0 Å². The average molecular weight is 1070 g/mol. The third-order valence-electron chi connectivity index (χ3n) is 14.8. The van der Waals surface area contributed by atoms with Gasteiger partial charge >= 0.3 is 0 Å². The Kier molecular flexibility index (Phi) is 18.0. The molecule has 4 heteroatoms. The lowest BCUT2D eigenvalue weighted by molar-refractivity contribution is 0.248. The predicted octanol–water partition coefficient (Wildman–Crippen LogP) is 19.1. The van der Waals surface area contributed by atoms with Crippen LogP contribution in [0.5, 0.6) is 0 Å². The number of fused-ring (bicyclic) bond motifs is 4. The summed E-state index contributed by atoms with van der Waals surface area (Å²) >= 11 is 0. The fraction of sp³-hybridized carbons (Fsp3) is 0.127. The number of hydrogen-bond acceptors (Lipinski definition) is 4. The Morgan fingerprint density at radius 2 is 1.54 bits per heavy atom. The highest BCUT2D eigenvalue weighted by molar-refractivity contribution is 6.04. The van der Waals surface area contributed by atoms with Crippen molar-refractivity contribution in [3.63, 3.8) is 0 Å². The number of allylic oxidation sites excluding steroid dienone is 26. The number of hydrogen-bond donors (Lipinski definition) is 0. The highest BCUT2D eigenvalue weighted by Crippen LogP contribution is 2.48. The Labute approximate surface area is 489 Å². The highest BCUT2D eigenvalue weighted by atomic mass is 15.2. The molecule has 8 aliphatic rings. The van der Waals surface area contributed by atoms with Gasteiger partial charge in [-0.05, 0) is 202 Å². The molecule has 0 saturated heterocycles. The molecular formula is C79H62N4. The first-order valence-corrected chi connectivity index (χ1v) is 28.1. The molecule has 4 bridgehead atoms. The van der Waals surface area contributed by atoms with Gasteiger partial charge in [0.2, 0.25) is 0 Å². The molecule has 0 aromatic heterocycles. The van der Waals surface area contributed by atoms with E-state index in [4.69, 9.17) is 9.98 Å². The number of anilines is 2. The summed E-state index contributed by atoms with van der Waals surface area (Å²) in [5.41, 5.74) is 55.3. The van der Waals surface area contributed by atoms with Gasteiger partial charge in [-0.3, -0.25) is 4.90 Å². The van der Waals surface area contributed by atoms with E-state index in [1.54, 1.807) is 12.2 Å². The molecule has 1 fully saturated rings. The van der Waals surface area contributed by atoms with E-state index >= 15 is 0 Å².